The van der Waals surface area contributed by atoms with Crippen molar-refractivity contribution in [2.45, 2.75) is 6.92 Å². The molecular formula is C17H23N3O5S. The van der Waals surface area contributed by atoms with Crippen molar-refractivity contribution in [3.05, 3.63) is 17.7 Å². The van der Waals surface area contributed by atoms with E-state index in [0.717, 1.165) is 5.75 Å². The summed E-state index contributed by atoms with van der Waals surface area (Å²) in [6.07, 6.45) is 0. The molecule has 1 aromatic rings. The third-order valence-corrected chi connectivity index (χ3v) is 4.64. The summed E-state index contributed by atoms with van der Waals surface area (Å²) >= 11 is 1.49. The van der Waals surface area contributed by atoms with E-state index in [1.807, 2.05) is 6.92 Å². The van der Waals surface area contributed by atoms with Crippen LogP contribution in [0, 0.1) is 0 Å². The Labute approximate surface area is 156 Å². The molecule has 0 unspecified atom stereocenters. The second kappa shape index (κ2) is 9.33. The summed E-state index contributed by atoms with van der Waals surface area (Å²) in [5, 5.41) is 5.44. The van der Waals surface area contributed by atoms with E-state index in [4.69, 9.17) is 9.47 Å². The molecule has 1 aromatic carbocycles. The number of thioether (sulfide) groups is 1. The lowest BCUT2D eigenvalue weighted by Gasteiger charge is -2.27. The minimum Gasteiger partial charge on any atom is -0.493 e. The van der Waals surface area contributed by atoms with Crippen LogP contribution >= 0.6 is 11.8 Å². The zero-order valence-corrected chi connectivity index (χ0v) is 15.9. The number of methoxy groups -OCH3 is 2. The third-order valence-electron chi connectivity index (χ3n) is 3.76. The number of anilines is 1. The van der Waals surface area contributed by atoms with E-state index in [1.165, 1.54) is 30.9 Å². The van der Waals surface area contributed by atoms with Gasteiger partial charge in [0.2, 0.25) is 11.8 Å². The fourth-order valence-corrected chi connectivity index (χ4v) is 3.02. The minimum absolute atomic E-state index is 0.00199. The Hall–Kier alpha value is -2.42. The molecule has 0 saturated carbocycles. The molecule has 0 radical (unpaired) electrons. The standard InChI is InChI=1S/C17H23N3O5S/c1-4-26-10-15(22)19-12-7-11(8-13(24-2)16(12)25-3)17(23)20-6-5-18-14(21)9-20/h7-8H,4-6,9-10H2,1-3H3,(H,18,21)(H,19,22). The van der Waals surface area contributed by atoms with Gasteiger partial charge < -0.3 is 25.0 Å². The number of carbonyl (C=O) groups excluding carboxylic acids is 3. The lowest BCUT2D eigenvalue weighted by atomic mass is 10.1. The minimum atomic E-state index is -0.306. The van der Waals surface area contributed by atoms with Crippen LogP contribution in [-0.2, 0) is 9.59 Å². The van der Waals surface area contributed by atoms with Crippen LogP contribution in [-0.4, -0.2) is 68.0 Å². The van der Waals surface area contributed by atoms with Crippen LogP contribution in [0.15, 0.2) is 12.1 Å². The highest BCUT2D eigenvalue weighted by Crippen LogP contribution is 2.37. The van der Waals surface area contributed by atoms with Crippen LogP contribution in [0.2, 0.25) is 0 Å². The molecule has 0 bridgehead atoms. The summed E-state index contributed by atoms with van der Waals surface area (Å²) in [7, 11) is 2.92. The zero-order valence-electron chi connectivity index (χ0n) is 15.1. The van der Waals surface area contributed by atoms with E-state index in [0.29, 0.717) is 41.6 Å². The molecule has 1 aliphatic rings. The Kier molecular flexibility index (Phi) is 7.14. The molecule has 1 aliphatic heterocycles. The van der Waals surface area contributed by atoms with Crippen LogP contribution in [0.25, 0.3) is 0 Å². The van der Waals surface area contributed by atoms with Crippen LogP contribution in [0.1, 0.15) is 17.3 Å². The van der Waals surface area contributed by atoms with Gasteiger partial charge in [-0.15, -0.1) is 0 Å². The summed E-state index contributed by atoms with van der Waals surface area (Å²) in [6, 6.07) is 3.09. The molecule has 0 aromatic heterocycles. The summed E-state index contributed by atoms with van der Waals surface area (Å²) in [5.74, 6) is 1.10. The quantitative estimate of drug-likeness (QED) is 0.730. The molecule has 2 N–H and O–H groups in total. The van der Waals surface area contributed by atoms with E-state index < -0.39 is 0 Å². The normalized spacial score (nSPS) is 13.8. The van der Waals surface area contributed by atoms with Crippen molar-refractivity contribution in [1.82, 2.24) is 10.2 Å². The smallest absolute Gasteiger partial charge is 0.254 e. The lowest BCUT2D eigenvalue weighted by molar-refractivity contribution is -0.123. The van der Waals surface area contributed by atoms with Gasteiger partial charge in [-0.05, 0) is 17.9 Å². The fourth-order valence-electron chi connectivity index (χ4n) is 2.56. The van der Waals surface area contributed by atoms with Gasteiger partial charge in [-0.25, -0.2) is 0 Å². The maximum atomic E-state index is 12.8. The average molecular weight is 381 g/mol. The second-order valence-electron chi connectivity index (χ2n) is 5.52. The summed E-state index contributed by atoms with van der Waals surface area (Å²) < 4.78 is 10.6. The number of amides is 3. The molecule has 1 heterocycles. The maximum Gasteiger partial charge on any atom is 0.254 e. The molecule has 142 valence electrons. The third kappa shape index (κ3) is 4.81. The fraction of sp³-hybridized carbons (Fsp3) is 0.471. The van der Waals surface area contributed by atoms with E-state index in [1.54, 1.807) is 12.1 Å². The Bertz CT molecular complexity index is 695. The van der Waals surface area contributed by atoms with Crippen molar-refractivity contribution in [1.29, 1.82) is 0 Å². The molecule has 0 spiro atoms. The number of hydrogen-bond donors (Lipinski definition) is 2. The summed E-state index contributed by atoms with van der Waals surface area (Å²) in [4.78, 5) is 37.8. The van der Waals surface area contributed by atoms with Gasteiger partial charge >= 0.3 is 0 Å². The maximum absolute atomic E-state index is 12.8. The molecule has 26 heavy (non-hydrogen) atoms. The van der Waals surface area contributed by atoms with Crippen molar-refractivity contribution < 1.29 is 23.9 Å². The molecule has 3 amide bonds. The molecule has 1 saturated heterocycles. The van der Waals surface area contributed by atoms with Gasteiger partial charge in [-0.2, -0.15) is 11.8 Å². The van der Waals surface area contributed by atoms with Gasteiger partial charge in [0.25, 0.3) is 5.91 Å². The number of nitrogens with one attached hydrogen (secondary N) is 2. The number of piperazine rings is 1. The van der Waals surface area contributed by atoms with Crippen LogP contribution in [0.3, 0.4) is 0 Å². The largest absolute Gasteiger partial charge is 0.493 e. The molecule has 8 nitrogen and oxygen atoms in total. The monoisotopic (exact) mass is 381 g/mol. The first kappa shape index (κ1) is 19.9. The van der Waals surface area contributed by atoms with E-state index >= 15 is 0 Å². The predicted molar refractivity (Wildman–Crippen MR) is 100 cm³/mol. The van der Waals surface area contributed by atoms with Crippen molar-refractivity contribution in [3.63, 3.8) is 0 Å². The van der Waals surface area contributed by atoms with Gasteiger partial charge in [-0.1, -0.05) is 6.92 Å². The van der Waals surface area contributed by atoms with E-state index in [-0.39, 0.29) is 24.3 Å². The topological polar surface area (TPSA) is 97.0 Å². The Morgan fingerprint density at radius 3 is 2.69 bits per heavy atom. The van der Waals surface area contributed by atoms with Crippen molar-refractivity contribution in [3.8, 4) is 11.5 Å². The molecule has 2 rings (SSSR count). The van der Waals surface area contributed by atoms with Gasteiger partial charge in [0.05, 0.1) is 32.2 Å². The van der Waals surface area contributed by atoms with Crippen LogP contribution < -0.4 is 20.1 Å². The first-order valence-electron chi connectivity index (χ1n) is 8.19. The Morgan fingerprint density at radius 1 is 1.31 bits per heavy atom. The summed E-state index contributed by atoms with van der Waals surface area (Å²) in [5.41, 5.74) is 0.675. The molecule has 0 aliphatic carbocycles. The predicted octanol–water partition coefficient (Wildman–Crippen LogP) is 0.967. The van der Waals surface area contributed by atoms with Gasteiger partial charge in [0.15, 0.2) is 11.5 Å². The number of carbonyl (C=O) groups is 3. The summed E-state index contributed by atoms with van der Waals surface area (Å²) in [6.45, 7) is 2.81. The van der Waals surface area contributed by atoms with Crippen molar-refractivity contribution in [2.75, 3.05) is 50.7 Å². The Balaban J connectivity index is 2.31. The highest BCUT2D eigenvalue weighted by molar-refractivity contribution is 7.99. The number of benzene rings is 1. The first-order valence-corrected chi connectivity index (χ1v) is 9.35. The molecule has 9 heteroatoms. The van der Waals surface area contributed by atoms with Crippen LogP contribution in [0.5, 0.6) is 11.5 Å². The van der Waals surface area contributed by atoms with Gasteiger partial charge in [-0.3, -0.25) is 14.4 Å². The highest BCUT2D eigenvalue weighted by Gasteiger charge is 2.25. The van der Waals surface area contributed by atoms with Gasteiger partial charge in [0, 0.05) is 18.7 Å². The average Bonchev–Trinajstić information content (AvgIpc) is 2.65. The van der Waals surface area contributed by atoms with Crippen molar-refractivity contribution in [2.24, 2.45) is 0 Å². The highest BCUT2D eigenvalue weighted by atomic mass is 32.2. The molecular weight excluding hydrogens is 358 g/mol. The second-order valence-corrected chi connectivity index (χ2v) is 6.80. The van der Waals surface area contributed by atoms with Crippen LogP contribution in [0.4, 0.5) is 5.69 Å². The van der Waals surface area contributed by atoms with E-state index in [9.17, 15) is 14.4 Å². The number of nitrogens with zero attached hydrogens (tertiary/aromatic N) is 1. The SMILES string of the molecule is CCSCC(=O)Nc1cc(C(=O)N2CCNC(=O)C2)cc(OC)c1OC. The molecule has 0 atom stereocenters. The number of hydrogen-bond acceptors (Lipinski definition) is 6. The van der Waals surface area contributed by atoms with E-state index in [2.05, 4.69) is 10.6 Å². The Morgan fingerprint density at radius 2 is 2.08 bits per heavy atom. The number of ether oxygens (including phenoxy) is 2. The first-order chi connectivity index (χ1) is 12.5. The van der Waals surface area contributed by atoms with Gasteiger partial charge in [0.1, 0.15) is 0 Å². The van der Waals surface area contributed by atoms with Crippen molar-refractivity contribution >= 4 is 35.2 Å². The lowest BCUT2D eigenvalue weighted by Crippen LogP contribution is -2.49. The molecule has 1 fully saturated rings. The zero-order chi connectivity index (χ0) is 19.1. The number of rotatable bonds is 7.